The van der Waals surface area contributed by atoms with Crippen LogP contribution in [-0.4, -0.2) is 23.9 Å². The number of carboxylic acids is 1. The van der Waals surface area contributed by atoms with Crippen molar-refractivity contribution in [3.63, 3.8) is 0 Å². The summed E-state index contributed by atoms with van der Waals surface area (Å²) in [7, 11) is 0. The number of halogens is 5. The standard InChI is InChI=1S/C19H15Cl2F3O3/c20-14-4-2-11(8-15(14)21)13-9-12(18(17(25)26)6-1-7-18)3-5-16(13)27-10-19(22,23)24/h2-5,8-9H,1,6-7,10H2,(H,25,26). The van der Waals surface area contributed by atoms with E-state index in [1.54, 1.807) is 12.1 Å². The van der Waals surface area contributed by atoms with Gasteiger partial charge >= 0.3 is 12.1 Å². The molecule has 3 nitrogen and oxygen atoms in total. The minimum Gasteiger partial charge on any atom is -0.483 e. The summed E-state index contributed by atoms with van der Waals surface area (Å²) in [5.74, 6) is -0.952. The molecule has 0 aliphatic heterocycles. The van der Waals surface area contributed by atoms with Crippen molar-refractivity contribution in [2.45, 2.75) is 30.9 Å². The van der Waals surface area contributed by atoms with Crippen LogP contribution in [0.25, 0.3) is 11.1 Å². The molecule has 0 amide bonds. The van der Waals surface area contributed by atoms with Gasteiger partial charge in [0, 0.05) is 5.56 Å². The lowest BCUT2D eigenvalue weighted by molar-refractivity contribution is -0.153. The molecule has 1 aliphatic rings. The normalized spacial score (nSPS) is 15.9. The van der Waals surface area contributed by atoms with Crippen molar-refractivity contribution < 1.29 is 27.8 Å². The largest absolute Gasteiger partial charge is 0.483 e. The van der Waals surface area contributed by atoms with Crippen LogP contribution in [-0.2, 0) is 10.2 Å². The Kier molecular flexibility index (Phi) is 5.32. The average Bonchev–Trinajstić information content (AvgIpc) is 2.54. The molecule has 0 radical (unpaired) electrons. The fourth-order valence-electron chi connectivity index (χ4n) is 3.16. The van der Waals surface area contributed by atoms with E-state index in [2.05, 4.69) is 0 Å². The van der Waals surface area contributed by atoms with Gasteiger partial charge < -0.3 is 9.84 Å². The number of alkyl halides is 3. The lowest BCUT2D eigenvalue weighted by Crippen LogP contribution is -2.42. The van der Waals surface area contributed by atoms with E-state index in [1.807, 2.05) is 0 Å². The molecule has 0 heterocycles. The van der Waals surface area contributed by atoms with Crippen LogP contribution in [0.2, 0.25) is 10.0 Å². The van der Waals surface area contributed by atoms with Gasteiger partial charge in [-0.3, -0.25) is 4.79 Å². The minimum absolute atomic E-state index is 0.00525. The number of rotatable bonds is 5. The Balaban J connectivity index is 2.08. The number of hydrogen-bond acceptors (Lipinski definition) is 2. The quantitative estimate of drug-likeness (QED) is 0.637. The van der Waals surface area contributed by atoms with Gasteiger partial charge in [0.2, 0.25) is 0 Å². The first-order valence-electron chi connectivity index (χ1n) is 8.15. The van der Waals surface area contributed by atoms with Crippen LogP contribution in [0.15, 0.2) is 36.4 Å². The Morgan fingerprint density at radius 1 is 1.11 bits per heavy atom. The second-order valence-corrected chi connectivity index (χ2v) is 7.30. The van der Waals surface area contributed by atoms with E-state index < -0.39 is 24.2 Å². The van der Waals surface area contributed by atoms with Crippen molar-refractivity contribution in [1.29, 1.82) is 0 Å². The number of aliphatic carboxylic acids is 1. The molecule has 1 saturated carbocycles. The Morgan fingerprint density at radius 2 is 1.81 bits per heavy atom. The SMILES string of the molecule is O=C(O)C1(c2ccc(OCC(F)(F)F)c(-c3ccc(Cl)c(Cl)c3)c2)CCC1. The zero-order valence-electron chi connectivity index (χ0n) is 13.9. The molecule has 0 aromatic heterocycles. The predicted octanol–water partition coefficient (Wildman–Crippen LogP) is 6.11. The number of hydrogen-bond donors (Lipinski definition) is 1. The van der Waals surface area contributed by atoms with Gasteiger partial charge in [0.25, 0.3) is 0 Å². The van der Waals surface area contributed by atoms with E-state index in [0.29, 0.717) is 34.6 Å². The van der Waals surface area contributed by atoms with Gasteiger partial charge in [-0.1, -0.05) is 41.8 Å². The topological polar surface area (TPSA) is 46.5 Å². The molecular weight excluding hydrogens is 404 g/mol. The van der Waals surface area contributed by atoms with Crippen LogP contribution in [0, 0.1) is 0 Å². The first-order valence-corrected chi connectivity index (χ1v) is 8.91. The minimum atomic E-state index is -4.50. The molecule has 2 aromatic rings. The number of carboxylic acid groups (broad SMARTS) is 1. The van der Waals surface area contributed by atoms with E-state index in [9.17, 15) is 23.1 Å². The summed E-state index contributed by atoms with van der Waals surface area (Å²) in [6.07, 6.45) is -2.76. The third kappa shape index (κ3) is 4.01. The summed E-state index contributed by atoms with van der Waals surface area (Å²) in [6, 6.07) is 9.09. The molecule has 27 heavy (non-hydrogen) atoms. The lowest BCUT2D eigenvalue weighted by Gasteiger charge is -2.38. The Labute approximate surface area is 163 Å². The fourth-order valence-corrected chi connectivity index (χ4v) is 3.46. The predicted molar refractivity (Wildman–Crippen MR) is 96.6 cm³/mol. The molecule has 0 saturated heterocycles. The third-order valence-electron chi connectivity index (χ3n) is 4.77. The molecule has 144 valence electrons. The second kappa shape index (κ2) is 7.24. The number of carbonyl (C=O) groups is 1. The molecule has 1 aliphatic carbocycles. The van der Waals surface area contributed by atoms with Crippen LogP contribution in [0.4, 0.5) is 13.2 Å². The van der Waals surface area contributed by atoms with Crippen molar-refractivity contribution >= 4 is 29.2 Å². The average molecular weight is 419 g/mol. The first-order chi connectivity index (χ1) is 12.6. The highest BCUT2D eigenvalue weighted by Crippen LogP contribution is 2.46. The second-order valence-electron chi connectivity index (χ2n) is 6.48. The van der Waals surface area contributed by atoms with E-state index in [1.165, 1.54) is 24.3 Å². The summed E-state index contributed by atoms with van der Waals surface area (Å²) in [6.45, 7) is -1.45. The maximum absolute atomic E-state index is 12.6. The molecule has 0 bridgehead atoms. The molecular formula is C19H15Cl2F3O3. The fraction of sp³-hybridized carbons (Fsp3) is 0.316. The lowest BCUT2D eigenvalue weighted by atomic mass is 9.64. The summed E-state index contributed by atoms with van der Waals surface area (Å²) in [5.41, 5.74) is 0.334. The van der Waals surface area contributed by atoms with Gasteiger partial charge in [-0.25, -0.2) is 0 Å². The molecule has 3 rings (SSSR count). The summed E-state index contributed by atoms with van der Waals surface area (Å²) >= 11 is 12.0. The van der Waals surface area contributed by atoms with Crippen LogP contribution >= 0.6 is 23.2 Å². The van der Waals surface area contributed by atoms with Gasteiger partial charge in [-0.15, -0.1) is 0 Å². The van der Waals surface area contributed by atoms with Crippen LogP contribution < -0.4 is 4.74 Å². The monoisotopic (exact) mass is 418 g/mol. The van der Waals surface area contributed by atoms with E-state index in [0.717, 1.165) is 6.42 Å². The highest BCUT2D eigenvalue weighted by Gasteiger charge is 2.46. The van der Waals surface area contributed by atoms with Crippen LogP contribution in [0.5, 0.6) is 5.75 Å². The van der Waals surface area contributed by atoms with Gasteiger partial charge in [0.05, 0.1) is 15.5 Å². The number of benzene rings is 2. The third-order valence-corrected chi connectivity index (χ3v) is 5.51. The summed E-state index contributed by atoms with van der Waals surface area (Å²) < 4.78 is 42.7. The van der Waals surface area contributed by atoms with Crippen molar-refractivity contribution in [2.75, 3.05) is 6.61 Å². The highest BCUT2D eigenvalue weighted by molar-refractivity contribution is 6.42. The summed E-state index contributed by atoms with van der Waals surface area (Å²) in [5, 5.41) is 10.2. The van der Waals surface area contributed by atoms with Gasteiger partial charge in [-0.05, 0) is 48.2 Å². The molecule has 0 unspecified atom stereocenters. The molecule has 1 N–H and O–H groups in total. The van der Waals surface area contributed by atoms with Gasteiger partial charge in [-0.2, -0.15) is 13.2 Å². The number of ether oxygens (including phenoxy) is 1. The maximum Gasteiger partial charge on any atom is 0.422 e. The van der Waals surface area contributed by atoms with Crippen molar-refractivity contribution in [3.05, 3.63) is 52.0 Å². The van der Waals surface area contributed by atoms with E-state index >= 15 is 0 Å². The first kappa shape index (κ1) is 19.8. The Hall–Kier alpha value is -1.92. The van der Waals surface area contributed by atoms with Crippen molar-refractivity contribution in [3.8, 4) is 16.9 Å². The molecule has 8 heteroatoms. The van der Waals surface area contributed by atoms with Gasteiger partial charge in [0.15, 0.2) is 6.61 Å². The van der Waals surface area contributed by atoms with E-state index in [4.69, 9.17) is 27.9 Å². The molecule has 0 atom stereocenters. The highest BCUT2D eigenvalue weighted by atomic mass is 35.5. The summed E-state index contributed by atoms with van der Waals surface area (Å²) in [4.78, 5) is 11.8. The zero-order valence-corrected chi connectivity index (χ0v) is 15.5. The molecule has 1 fully saturated rings. The Bertz CT molecular complexity index is 877. The van der Waals surface area contributed by atoms with Gasteiger partial charge in [0.1, 0.15) is 5.75 Å². The van der Waals surface area contributed by atoms with Crippen LogP contribution in [0.3, 0.4) is 0 Å². The van der Waals surface area contributed by atoms with Crippen molar-refractivity contribution in [2.24, 2.45) is 0 Å². The molecule has 2 aromatic carbocycles. The zero-order chi connectivity index (χ0) is 19.8. The van der Waals surface area contributed by atoms with E-state index in [-0.39, 0.29) is 10.8 Å². The van der Waals surface area contributed by atoms with Crippen molar-refractivity contribution in [1.82, 2.24) is 0 Å². The maximum atomic E-state index is 12.6. The smallest absolute Gasteiger partial charge is 0.422 e. The Morgan fingerprint density at radius 3 is 2.33 bits per heavy atom. The van der Waals surface area contributed by atoms with Crippen LogP contribution in [0.1, 0.15) is 24.8 Å². The molecule has 0 spiro atoms.